The number of hydrogen-bond donors (Lipinski definition) is 0. The van der Waals surface area contributed by atoms with Gasteiger partial charge < -0.3 is 4.74 Å². The molecule has 2 heteroatoms. The van der Waals surface area contributed by atoms with Crippen molar-refractivity contribution in [1.82, 2.24) is 0 Å². The van der Waals surface area contributed by atoms with Gasteiger partial charge in [-0.05, 0) is 31.0 Å². The molecule has 12 heavy (non-hydrogen) atoms. The molecule has 1 aromatic carbocycles. The first-order chi connectivity index (χ1) is 5.83. The molecule has 0 unspecified atom stereocenters. The Labute approximate surface area is 72.2 Å². The molecular formula is C10H12FO. The van der Waals surface area contributed by atoms with E-state index in [-0.39, 0.29) is 5.82 Å². The lowest BCUT2D eigenvalue weighted by molar-refractivity contribution is 0.164. The first-order valence-electron chi connectivity index (χ1n) is 3.94. The summed E-state index contributed by atoms with van der Waals surface area (Å²) in [5, 5.41) is 0. The molecular weight excluding hydrogens is 155 g/mol. The van der Waals surface area contributed by atoms with E-state index in [0.717, 1.165) is 12.0 Å². The predicted molar refractivity (Wildman–Crippen MR) is 46.3 cm³/mol. The van der Waals surface area contributed by atoms with E-state index >= 15 is 0 Å². The van der Waals surface area contributed by atoms with E-state index < -0.39 is 0 Å². The summed E-state index contributed by atoms with van der Waals surface area (Å²) in [6.07, 6.45) is 0.815. The maximum atomic E-state index is 12.4. The van der Waals surface area contributed by atoms with Gasteiger partial charge in [0.1, 0.15) is 5.82 Å². The maximum Gasteiger partial charge on any atom is 0.123 e. The van der Waals surface area contributed by atoms with Crippen molar-refractivity contribution in [1.29, 1.82) is 0 Å². The van der Waals surface area contributed by atoms with Gasteiger partial charge in [-0.2, -0.15) is 0 Å². The lowest BCUT2D eigenvalue weighted by atomic mass is 10.2. The molecule has 0 spiro atoms. The first-order valence-corrected chi connectivity index (χ1v) is 3.94. The van der Waals surface area contributed by atoms with Crippen LogP contribution in [0.2, 0.25) is 0 Å². The number of hydrogen-bond acceptors (Lipinski definition) is 1. The van der Waals surface area contributed by atoms with Crippen molar-refractivity contribution >= 4 is 0 Å². The fraction of sp³-hybridized carbons (Fsp3) is 0.300. The summed E-state index contributed by atoms with van der Waals surface area (Å²) in [6, 6.07) is 6.45. The average Bonchev–Trinajstić information content (AvgIpc) is 2.09. The van der Waals surface area contributed by atoms with Gasteiger partial charge in [-0.25, -0.2) is 4.39 Å². The number of rotatable bonds is 4. The van der Waals surface area contributed by atoms with Crippen LogP contribution >= 0.6 is 0 Å². The SMILES string of the molecule is [CH2]COCCc1ccc(F)cc1. The van der Waals surface area contributed by atoms with Crippen molar-refractivity contribution in [2.24, 2.45) is 0 Å². The second-order valence-electron chi connectivity index (χ2n) is 2.49. The lowest BCUT2D eigenvalue weighted by Gasteiger charge is -2.00. The molecule has 0 saturated carbocycles. The van der Waals surface area contributed by atoms with Crippen LogP contribution < -0.4 is 0 Å². The van der Waals surface area contributed by atoms with Crippen LogP contribution in [0.4, 0.5) is 4.39 Å². The number of halogens is 1. The highest BCUT2D eigenvalue weighted by atomic mass is 19.1. The van der Waals surface area contributed by atoms with Gasteiger partial charge in [0.15, 0.2) is 0 Å². The third-order valence-corrected chi connectivity index (χ3v) is 1.59. The molecule has 65 valence electrons. The highest BCUT2D eigenvalue weighted by Crippen LogP contribution is 2.03. The highest BCUT2D eigenvalue weighted by molar-refractivity contribution is 5.15. The molecule has 0 saturated heterocycles. The summed E-state index contributed by atoms with van der Waals surface area (Å²) in [7, 11) is 0. The second kappa shape index (κ2) is 4.88. The zero-order valence-electron chi connectivity index (χ0n) is 6.92. The molecule has 0 heterocycles. The Bertz CT molecular complexity index is 218. The largest absolute Gasteiger partial charge is 0.381 e. The Hall–Kier alpha value is -0.890. The van der Waals surface area contributed by atoms with Gasteiger partial charge in [-0.3, -0.25) is 0 Å². The van der Waals surface area contributed by atoms with Gasteiger partial charge in [0, 0.05) is 6.61 Å². The molecule has 1 nitrogen and oxygen atoms in total. The minimum absolute atomic E-state index is 0.197. The minimum atomic E-state index is -0.197. The zero-order valence-corrected chi connectivity index (χ0v) is 6.92. The molecule has 0 bridgehead atoms. The molecule has 0 amide bonds. The van der Waals surface area contributed by atoms with Crippen LogP contribution in [0.5, 0.6) is 0 Å². The first kappa shape index (κ1) is 9.20. The fourth-order valence-corrected chi connectivity index (χ4v) is 0.943. The van der Waals surface area contributed by atoms with Crippen LogP contribution in [0, 0.1) is 12.7 Å². The molecule has 0 aliphatic rings. The Morgan fingerprint density at radius 1 is 1.25 bits per heavy atom. The average molecular weight is 167 g/mol. The zero-order chi connectivity index (χ0) is 8.81. The summed E-state index contributed by atoms with van der Waals surface area (Å²) < 4.78 is 17.5. The third kappa shape index (κ3) is 3.01. The number of ether oxygens (including phenoxy) is 1. The van der Waals surface area contributed by atoms with Crippen molar-refractivity contribution in [2.75, 3.05) is 13.2 Å². The summed E-state index contributed by atoms with van der Waals surface area (Å²) in [6.45, 7) is 4.68. The second-order valence-corrected chi connectivity index (χ2v) is 2.49. The quantitative estimate of drug-likeness (QED) is 0.625. The van der Waals surface area contributed by atoms with Crippen molar-refractivity contribution in [3.63, 3.8) is 0 Å². The van der Waals surface area contributed by atoms with E-state index in [0.29, 0.717) is 13.2 Å². The Balaban J connectivity index is 2.37. The van der Waals surface area contributed by atoms with Crippen LogP contribution in [0.15, 0.2) is 24.3 Å². The summed E-state index contributed by atoms with van der Waals surface area (Å²) in [5.74, 6) is -0.197. The maximum absolute atomic E-state index is 12.4. The van der Waals surface area contributed by atoms with E-state index in [9.17, 15) is 4.39 Å². The van der Waals surface area contributed by atoms with Crippen molar-refractivity contribution in [2.45, 2.75) is 6.42 Å². The van der Waals surface area contributed by atoms with Gasteiger partial charge in [-0.1, -0.05) is 12.1 Å². The monoisotopic (exact) mass is 167 g/mol. The van der Waals surface area contributed by atoms with Gasteiger partial charge in [-0.15, -0.1) is 0 Å². The normalized spacial score (nSPS) is 10.2. The summed E-state index contributed by atoms with van der Waals surface area (Å²) in [4.78, 5) is 0. The van der Waals surface area contributed by atoms with Crippen molar-refractivity contribution in [3.8, 4) is 0 Å². The standard InChI is InChI=1S/C10H12FO/c1-2-12-8-7-9-3-5-10(11)6-4-9/h3-6H,1-2,7-8H2. The molecule has 1 aromatic rings. The van der Waals surface area contributed by atoms with E-state index in [1.165, 1.54) is 12.1 Å². The van der Waals surface area contributed by atoms with Crippen LogP contribution in [-0.2, 0) is 11.2 Å². The van der Waals surface area contributed by atoms with E-state index in [1.54, 1.807) is 12.1 Å². The molecule has 0 aliphatic heterocycles. The molecule has 0 N–H and O–H groups in total. The Morgan fingerprint density at radius 3 is 2.50 bits per heavy atom. The van der Waals surface area contributed by atoms with Crippen LogP contribution in [-0.4, -0.2) is 13.2 Å². The summed E-state index contributed by atoms with van der Waals surface area (Å²) in [5.41, 5.74) is 1.09. The lowest BCUT2D eigenvalue weighted by Crippen LogP contribution is -1.97. The van der Waals surface area contributed by atoms with E-state index in [2.05, 4.69) is 6.92 Å². The molecule has 0 fully saturated rings. The van der Waals surface area contributed by atoms with Crippen LogP contribution in [0.3, 0.4) is 0 Å². The third-order valence-electron chi connectivity index (χ3n) is 1.59. The Kier molecular flexibility index (Phi) is 3.74. The fourth-order valence-electron chi connectivity index (χ4n) is 0.943. The molecule has 0 aliphatic carbocycles. The summed E-state index contributed by atoms with van der Waals surface area (Å²) >= 11 is 0. The van der Waals surface area contributed by atoms with Gasteiger partial charge in [0.2, 0.25) is 0 Å². The molecule has 0 atom stereocenters. The number of benzene rings is 1. The van der Waals surface area contributed by atoms with Crippen molar-refractivity contribution < 1.29 is 9.13 Å². The van der Waals surface area contributed by atoms with Crippen molar-refractivity contribution in [3.05, 3.63) is 42.6 Å². The molecule has 0 aromatic heterocycles. The minimum Gasteiger partial charge on any atom is -0.381 e. The molecule has 1 rings (SSSR count). The van der Waals surface area contributed by atoms with E-state index in [1.807, 2.05) is 0 Å². The Morgan fingerprint density at radius 2 is 1.92 bits per heavy atom. The highest BCUT2D eigenvalue weighted by Gasteiger charge is 1.92. The molecule has 1 radical (unpaired) electrons. The smallest absolute Gasteiger partial charge is 0.123 e. The predicted octanol–water partition coefficient (Wildman–Crippen LogP) is 2.22. The topological polar surface area (TPSA) is 9.23 Å². The van der Waals surface area contributed by atoms with Gasteiger partial charge in [0.25, 0.3) is 0 Å². The van der Waals surface area contributed by atoms with Gasteiger partial charge >= 0.3 is 0 Å². The van der Waals surface area contributed by atoms with Crippen LogP contribution in [0.25, 0.3) is 0 Å². The van der Waals surface area contributed by atoms with Gasteiger partial charge in [0.05, 0.1) is 6.61 Å². The van der Waals surface area contributed by atoms with E-state index in [4.69, 9.17) is 4.74 Å². The van der Waals surface area contributed by atoms with Crippen LogP contribution in [0.1, 0.15) is 5.56 Å².